The third kappa shape index (κ3) is 8.27. The Labute approximate surface area is 247 Å². The molecule has 0 fully saturated rings. The van der Waals surface area contributed by atoms with Crippen LogP contribution in [0, 0.1) is 22.7 Å². The summed E-state index contributed by atoms with van der Waals surface area (Å²) in [6, 6.07) is 39.6. The Kier molecular flexibility index (Phi) is 12.1. The van der Waals surface area contributed by atoms with E-state index in [1.54, 1.807) is 18.2 Å². The Bertz CT molecular complexity index is 1340. The lowest BCUT2D eigenvalue weighted by atomic mass is 9.80. The SMILES string of the molecule is N#Cc1ccc(OCCOCCOCCOCCOC(c2ccccc2)(c2ccccc2)c2ccccc2)cc1C#N. The van der Waals surface area contributed by atoms with Crippen molar-refractivity contribution >= 4 is 0 Å². The van der Waals surface area contributed by atoms with E-state index in [1.165, 1.54) is 0 Å². The Morgan fingerprint density at radius 3 is 1.36 bits per heavy atom. The van der Waals surface area contributed by atoms with E-state index in [9.17, 15) is 0 Å². The van der Waals surface area contributed by atoms with E-state index in [0.29, 0.717) is 69.7 Å². The van der Waals surface area contributed by atoms with Crippen LogP contribution in [0.4, 0.5) is 0 Å². The van der Waals surface area contributed by atoms with Gasteiger partial charge >= 0.3 is 0 Å². The predicted octanol–water partition coefficient (Wildman–Crippen LogP) is 5.87. The largest absolute Gasteiger partial charge is 0.491 e. The standard InChI is InChI=1S/C35H34N2O5/c36-27-29-16-17-34(26-30(29)28-37)41-24-22-39-20-18-38-19-21-40-23-25-42-35(31-10-4-1-5-11-31,32-12-6-2-7-13-32)33-14-8-3-9-15-33/h1-17,26H,18-25H2. The topological polar surface area (TPSA) is 93.7 Å². The molecule has 0 unspecified atom stereocenters. The molecule has 0 aliphatic carbocycles. The summed E-state index contributed by atoms with van der Waals surface area (Å²) in [5, 5.41) is 18.1. The van der Waals surface area contributed by atoms with E-state index in [1.807, 2.05) is 66.7 Å². The van der Waals surface area contributed by atoms with Gasteiger partial charge in [-0.25, -0.2) is 0 Å². The lowest BCUT2D eigenvalue weighted by Crippen LogP contribution is -2.34. The average molecular weight is 563 g/mol. The van der Waals surface area contributed by atoms with Gasteiger partial charge in [-0.3, -0.25) is 0 Å². The highest BCUT2D eigenvalue weighted by atomic mass is 16.6. The Morgan fingerprint density at radius 2 is 0.905 bits per heavy atom. The van der Waals surface area contributed by atoms with Gasteiger partial charge in [0.2, 0.25) is 0 Å². The van der Waals surface area contributed by atoms with Crippen LogP contribution in [-0.2, 0) is 24.5 Å². The van der Waals surface area contributed by atoms with Crippen LogP contribution in [0.1, 0.15) is 27.8 Å². The minimum Gasteiger partial charge on any atom is -0.491 e. The molecule has 0 spiro atoms. The molecule has 0 amide bonds. The molecule has 0 aromatic heterocycles. The van der Waals surface area contributed by atoms with Crippen molar-refractivity contribution in [2.45, 2.75) is 5.60 Å². The molecule has 4 rings (SSSR count). The highest BCUT2D eigenvalue weighted by Gasteiger charge is 2.37. The van der Waals surface area contributed by atoms with Gasteiger partial charge in [0.25, 0.3) is 0 Å². The van der Waals surface area contributed by atoms with E-state index < -0.39 is 5.60 Å². The summed E-state index contributed by atoms with van der Waals surface area (Å²) in [6.07, 6.45) is 0. The number of ether oxygens (including phenoxy) is 5. The van der Waals surface area contributed by atoms with Gasteiger partial charge in [-0.15, -0.1) is 0 Å². The van der Waals surface area contributed by atoms with Crippen molar-refractivity contribution in [3.63, 3.8) is 0 Å². The smallest absolute Gasteiger partial charge is 0.143 e. The first kappa shape index (κ1) is 30.5. The molecule has 0 heterocycles. The minimum atomic E-state index is -0.761. The monoisotopic (exact) mass is 562 g/mol. The fourth-order valence-corrected chi connectivity index (χ4v) is 4.59. The Hall–Kier alpha value is -4.50. The maximum absolute atomic E-state index is 9.10. The second-order valence-electron chi connectivity index (χ2n) is 9.24. The van der Waals surface area contributed by atoms with Gasteiger partial charge in [-0.2, -0.15) is 10.5 Å². The average Bonchev–Trinajstić information content (AvgIpc) is 3.06. The van der Waals surface area contributed by atoms with E-state index in [-0.39, 0.29) is 0 Å². The van der Waals surface area contributed by atoms with Crippen molar-refractivity contribution in [2.24, 2.45) is 0 Å². The molecule has 7 nitrogen and oxygen atoms in total. The number of rotatable bonds is 17. The lowest BCUT2D eigenvalue weighted by Gasteiger charge is -2.36. The molecule has 4 aromatic carbocycles. The number of nitriles is 2. The molecular weight excluding hydrogens is 528 g/mol. The third-order valence-corrected chi connectivity index (χ3v) is 6.56. The number of hydrogen-bond acceptors (Lipinski definition) is 7. The zero-order valence-electron chi connectivity index (χ0n) is 23.5. The van der Waals surface area contributed by atoms with Gasteiger partial charge in [0.1, 0.15) is 30.1 Å². The summed E-state index contributed by atoms with van der Waals surface area (Å²) in [5.41, 5.74) is 3.03. The van der Waals surface area contributed by atoms with Gasteiger partial charge in [0.15, 0.2) is 0 Å². The van der Waals surface area contributed by atoms with E-state index >= 15 is 0 Å². The molecule has 0 aliphatic heterocycles. The second-order valence-corrected chi connectivity index (χ2v) is 9.24. The van der Waals surface area contributed by atoms with Gasteiger partial charge < -0.3 is 23.7 Å². The summed E-state index contributed by atoms with van der Waals surface area (Å²) in [5.74, 6) is 0.528. The third-order valence-electron chi connectivity index (χ3n) is 6.56. The summed E-state index contributed by atoms with van der Waals surface area (Å²) in [6.45, 7) is 3.29. The van der Waals surface area contributed by atoms with Crippen molar-refractivity contribution in [3.8, 4) is 17.9 Å². The van der Waals surface area contributed by atoms with Crippen LogP contribution in [-0.4, -0.2) is 52.9 Å². The maximum Gasteiger partial charge on any atom is 0.143 e. The van der Waals surface area contributed by atoms with Crippen LogP contribution < -0.4 is 4.74 Å². The molecule has 0 radical (unpaired) electrons. The van der Waals surface area contributed by atoms with Crippen molar-refractivity contribution in [2.75, 3.05) is 52.9 Å². The van der Waals surface area contributed by atoms with Gasteiger partial charge in [0, 0.05) is 0 Å². The first-order chi connectivity index (χ1) is 20.8. The van der Waals surface area contributed by atoms with E-state index in [0.717, 1.165) is 16.7 Å². The highest BCUT2D eigenvalue weighted by molar-refractivity contribution is 5.49. The van der Waals surface area contributed by atoms with E-state index in [4.69, 9.17) is 34.2 Å². The first-order valence-corrected chi connectivity index (χ1v) is 13.9. The van der Waals surface area contributed by atoms with Crippen molar-refractivity contribution in [3.05, 3.63) is 137 Å². The summed E-state index contributed by atoms with van der Waals surface area (Å²) in [4.78, 5) is 0. The fraction of sp³-hybridized carbons (Fsp3) is 0.257. The molecule has 4 aromatic rings. The summed E-state index contributed by atoms with van der Waals surface area (Å²) < 4.78 is 29.2. The lowest BCUT2D eigenvalue weighted by molar-refractivity contribution is -0.0373. The van der Waals surface area contributed by atoms with Crippen LogP contribution in [0.3, 0.4) is 0 Å². The van der Waals surface area contributed by atoms with Crippen LogP contribution in [0.5, 0.6) is 5.75 Å². The van der Waals surface area contributed by atoms with Crippen molar-refractivity contribution in [1.82, 2.24) is 0 Å². The fourth-order valence-electron chi connectivity index (χ4n) is 4.59. The zero-order chi connectivity index (χ0) is 29.3. The van der Waals surface area contributed by atoms with Gasteiger partial charge in [0.05, 0.1) is 57.4 Å². The zero-order valence-corrected chi connectivity index (χ0v) is 23.5. The normalized spacial score (nSPS) is 11.0. The molecule has 0 aliphatic rings. The molecule has 42 heavy (non-hydrogen) atoms. The number of benzene rings is 4. The molecule has 7 heteroatoms. The highest BCUT2D eigenvalue weighted by Crippen LogP contribution is 2.40. The van der Waals surface area contributed by atoms with Crippen LogP contribution in [0.15, 0.2) is 109 Å². The minimum absolute atomic E-state index is 0.293. The molecule has 0 N–H and O–H groups in total. The Balaban J connectivity index is 1.16. The number of nitrogens with zero attached hydrogens (tertiary/aromatic N) is 2. The molecule has 0 bridgehead atoms. The van der Waals surface area contributed by atoms with Crippen molar-refractivity contribution < 1.29 is 23.7 Å². The summed E-state index contributed by atoms with van der Waals surface area (Å²) >= 11 is 0. The Morgan fingerprint density at radius 1 is 0.476 bits per heavy atom. The quantitative estimate of drug-likeness (QED) is 0.117. The molecule has 0 saturated heterocycles. The second kappa shape index (κ2) is 16.7. The maximum atomic E-state index is 9.10. The van der Waals surface area contributed by atoms with E-state index in [2.05, 4.69) is 36.4 Å². The molecule has 214 valence electrons. The molecule has 0 atom stereocenters. The first-order valence-electron chi connectivity index (χ1n) is 13.9. The van der Waals surface area contributed by atoms with Crippen LogP contribution in [0.25, 0.3) is 0 Å². The van der Waals surface area contributed by atoms with Crippen LogP contribution >= 0.6 is 0 Å². The van der Waals surface area contributed by atoms with Crippen LogP contribution in [0.2, 0.25) is 0 Å². The summed E-state index contributed by atoms with van der Waals surface area (Å²) in [7, 11) is 0. The predicted molar refractivity (Wildman–Crippen MR) is 159 cm³/mol. The molecular formula is C35H34N2O5. The van der Waals surface area contributed by atoms with Gasteiger partial charge in [-0.1, -0.05) is 91.0 Å². The number of hydrogen-bond donors (Lipinski definition) is 0. The van der Waals surface area contributed by atoms with Gasteiger partial charge in [-0.05, 0) is 34.9 Å². The molecule has 0 saturated carbocycles. The van der Waals surface area contributed by atoms with Crippen molar-refractivity contribution in [1.29, 1.82) is 10.5 Å².